The first-order valence-electron chi connectivity index (χ1n) is 7.87. The van der Waals surface area contributed by atoms with Gasteiger partial charge in [-0.15, -0.1) is 0 Å². The summed E-state index contributed by atoms with van der Waals surface area (Å²) in [6.45, 7) is 2.09. The molecule has 24 heavy (non-hydrogen) atoms. The summed E-state index contributed by atoms with van der Waals surface area (Å²) in [7, 11) is 1.64. The number of ether oxygens (including phenoxy) is 1. The number of dihydropyridines is 1. The molecular weight excluding hydrogens is 302 g/mol. The molecule has 1 aliphatic rings. The molecule has 0 fully saturated rings. The molecule has 0 saturated heterocycles. The van der Waals surface area contributed by atoms with Gasteiger partial charge in [-0.2, -0.15) is 4.98 Å². The quantitative estimate of drug-likeness (QED) is 0.725. The van der Waals surface area contributed by atoms with Gasteiger partial charge in [-0.1, -0.05) is 48.5 Å². The van der Waals surface area contributed by atoms with Crippen LogP contribution in [0.1, 0.15) is 18.8 Å². The molecule has 1 aromatic heterocycles. The van der Waals surface area contributed by atoms with Crippen molar-refractivity contribution in [3.05, 3.63) is 54.4 Å². The van der Waals surface area contributed by atoms with Gasteiger partial charge in [0.05, 0.1) is 12.7 Å². The van der Waals surface area contributed by atoms with Crippen molar-refractivity contribution in [2.24, 2.45) is 10.9 Å². The van der Waals surface area contributed by atoms with Gasteiger partial charge < -0.3 is 9.26 Å². The van der Waals surface area contributed by atoms with E-state index in [-0.39, 0.29) is 12.0 Å². The number of aliphatic imine (C=N–C) groups is 1. The van der Waals surface area contributed by atoms with Crippen LogP contribution < -0.4 is 4.74 Å². The maximum absolute atomic E-state index is 5.56. The van der Waals surface area contributed by atoms with Gasteiger partial charge >= 0.3 is 0 Å². The third kappa shape index (κ3) is 2.38. The van der Waals surface area contributed by atoms with Gasteiger partial charge in [0.15, 0.2) is 5.82 Å². The Bertz CT molecular complexity index is 943. The second-order valence-electron chi connectivity index (χ2n) is 5.81. The minimum Gasteiger partial charge on any atom is -0.496 e. The summed E-state index contributed by atoms with van der Waals surface area (Å²) in [4.78, 5) is 9.07. The van der Waals surface area contributed by atoms with Crippen LogP contribution in [0.4, 0.5) is 0 Å². The van der Waals surface area contributed by atoms with Crippen LogP contribution in [0.2, 0.25) is 0 Å². The van der Waals surface area contributed by atoms with E-state index in [0.29, 0.717) is 17.5 Å². The Morgan fingerprint density at radius 3 is 2.83 bits per heavy atom. The van der Waals surface area contributed by atoms with Crippen molar-refractivity contribution >= 4 is 17.0 Å². The van der Waals surface area contributed by atoms with Crippen LogP contribution in [0, 0.1) is 5.92 Å². The molecule has 5 nitrogen and oxygen atoms in total. The molecule has 120 valence electrons. The fraction of sp³-hybridized carbons (Fsp3) is 0.211. The molecule has 1 aliphatic heterocycles. The van der Waals surface area contributed by atoms with E-state index < -0.39 is 0 Å². The Morgan fingerprint density at radius 2 is 2.00 bits per heavy atom. The number of aromatic nitrogens is 2. The second-order valence-corrected chi connectivity index (χ2v) is 5.81. The lowest BCUT2D eigenvalue weighted by atomic mass is 9.99. The zero-order valence-electron chi connectivity index (χ0n) is 13.5. The third-order valence-corrected chi connectivity index (χ3v) is 4.28. The average Bonchev–Trinajstić information content (AvgIpc) is 3.10. The Balaban J connectivity index is 1.84. The topological polar surface area (TPSA) is 60.5 Å². The first-order valence-corrected chi connectivity index (χ1v) is 7.87. The molecule has 0 saturated carbocycles. The van der Waals surface area contributed by atoms with Gasteiger partial charge in [-0.25, -0.2) is 0 Å². The van der Waals surface area contributed by atoms with Crippen molar-refractivity contribution in [2.75, 3.05) is 7.11 Å². The highest BCUT2D eigenvalue weighted by molar-refractivity contribution is 5.97. The van der Waals surface area contributed by atoms with Crippen molar-refractivity contribution in [2.45, 2.75) is 13.0 Å². The maximum atomic E-state index is 5.56. The first-order chi connectivity index (χ1) is 11.8. The summed E-state index contributed by atoms with van der Waals surface area (Å²) in [5.41, 5.74) is 0.817. The minimum atomic E-state index is -0.117. The molecule has 3 aromatic rings. The molecule has 0 amide bonds. The van der Waals surface area contributed by atoms with E-state index in [2.05, 4.69) is 28.1 Å². The summed E-state index contributed by atoms with van der Waals surface area (Å²) in [5.74, 6) is 1.99. The van der Waals surface area contributed by atoms with E-state index >= 15 is 0 Å². The predicted octanol–water partition coefficient (Wildman–Crippen LogP) is 4.22. The van der Waals surface area contributed by atoms with Gasteiger partial charge in [0.1, 0.15) is 11.8 Å². The summed E-state index contributed by atoms with van der Waals surface area (Å²) in [5, 5.41) is 6.28. The number of nitrogens with zero attached hydrogens (tertiary/aromatic N) is 3. The number of methoxy groups -OCH3 is 1. The van der Waals surface area contributed by atoms with Crippen LogP contribution in [-0.4, -0.2) is 23.5 Å². The summed E-state index contributed by atoms with van der Waals surface area (Å²) >= 11 is 0. The second kappa shape index (κ2) is 5.92. The average molecular weight is 319 g/mol. The summed E-state index contributed by atoms with van der Waals surface area (Å²) in [6.07, 6.45) is 5.81. The number of allylic oxidation sites excluding steroid dienone is 1. The zero-order chi connectivity index (χ0) is 16.5. The van der Waals surface area contributed by atoms with E-state index in [1.807, 2.05) is 42.5 Å². The summed E-state index contributed by atoms with van der Waals surface area (Å²) < 4.78 is 11.1. The van der Waals surface area contributed by atoms with E-state index in [0.717, 1.165) is 16.3 Å². The fourth-order valence-corrected chi connectivity index (χ4v) is 3.01. The summed E-state index contributed by atoms with van der Waals surface area (Å²) in [6, 6.07) is 11.9. The molecule has 0 N–H and O–H groups in total. The molecule has 2 atom stereocenters. The Labute approximate surface area is 139 Å². The van der Waals surface area contributed by atoms with Gasteiger partial charge in [0, 0.05) is 12.1 Å². The highest BCUT2D eigenvalue weighted by Crippen LogP contribution is 2.37. The lowest BCUT2D eigenvalue weighted by Gasteiger charge is -2.15. The largest absolute Gasteiger partial charge is 0.496 e. The third-order valence-electron chi connectivity index (χ3n) is 4.28. The molecule has 0 bridgehead atoms. The van der Waals surface area contributed by atoms with Crippen LogP contribution in [0.5, 0.6) is 5.75 Å². The van der Waals surface area contributed by atoms with Crippen LogP contribution in [-0.2, 0) is 0 Å². The number of hydrogen-bond acceptors (Lipinski definition) is 5. The lowest BCUT2D eigenvalue weighted by Crippen LogP contribution is -2.10. The number of benzene rings is 2. The fourth-order valence-electron chi connectivity index (χ4n) is 3.01. The monoisotopic (exact) mass is 319 g/mol. The number of fused-ring (bicyclic) bond motifs is 1. The molecule has 5 heteroatoms. The molecule has 0 radical (unpaired) electrons. The van der Waals surface area contributed by atoms with Gasteiger partial charge in [0.25, 0.3) is 5.89 Å². The predicted molar refractivity (Wildman–Crippen MR) is 93.3 cm³/mol. The zero-order valence-corrected chi connectivity index (χ0v) is 13.5. The van der Waals surface area contributed by atoms with Crippen molar-refractivity contribution in [1.29, 1.82) is 0 Å². The van der Waals surface area contributed by atoms with Crippen molar-refractivity contribution in [3.8, 4) is 17.2 Å². The lowest BCUT2D eigenvalue weighted by molar-refractivity contribution is 0.397. The number of hydrogen-bond donors (Lipinski definition) is 0. The van der Waals surface area contributed by atoms with Crippen LogP contribution in [0.3, 0.4) is 0 Å². The van der Waals surface area contributed by atoms with E-state index in [1.54, 1.807) is 13.3 Å². The molecule has 0 aliphatic carbocycles. The normalized spacial score (nSPS) is 19.8. The Morgan fingerprint density at radius 1 is 1.12 bits per heavy atom. The molecule has 4 rings (SSSR count). The van der Waals surface area contributed by atoms with E-state index in [1.165, 1.54) is 0 Å². The van der Waals surface area contributed by atoms with Crippen LogP contribution in [0.15, 0.2) is 58.1 Å². The SMILES string of the molecule is COc1ccc2ccccc2c1-c1nc(C2N=CC=CC2C)no1. The van der Waals surface area contributed by atoms with Gasteiger partial charge in [-0.05, 0) is 22.9 Å². The van der Waals surface area contributed by atoms with Crippen molar-refractivity contribution < 1.29 is 9.26 Å². The Hall–Kier alpha value is -2.95. The maximum Gasteiger partial charge on any atom is 0.262 e. The minimum absolute atomic E-state index is 0.117. The van der Waals surface area contributed by atoms with E-state index in [4.69, 9.17) is 9.26 Å². The van der Waals surface area contributed by atoms with Crippen molar-refractivity contribution in [1.82, 2.24) is 10.1 Å². The molecular formula is C19H17N3O2. The first kappa shape index (κ1) is 14.6. The molecule has 2 unspecified atom stereocenters. The van der Waals surface area contributed by atoms with Crippen molar-refractivity contribution in [3.63, 3.8) is 0 Å². The Kier molecular flexibility index (Phi) is 3.61. The molecule has 2 aromatic carbocycles. The highest BCUT2D eigenvalue weighted by atomic mass is 16.5. The van der Waals surface area contributed by atoms with Gasteiger partial charge in [0.2, 0.25) is 0 Å². The smallest absolute Gasteiger partial charge is 0.262 e. The standard InChI is InChI=1S/C19H17N3O2/c1-12-6-5-11-20-17(12)18-21-19(24-22-18)16-14-8-4-3-7-13(14)9-10-15(16)23-2/h3-12,17H,1-2H3. The number of rotatable bonds is 3. The van der Waals surface area contributed by atoms with E-state index in [9.17, 15) is 0 Å². The highest BCUT2D eigenvalue weighted by Gasteiger charge is 2.25. The van der Waals surface area contributed by atoms with Crippen LogP contribution in [0.25, 0.3) is 22.2 Å². The molecule has 2 heterocycles. The molecule has 0 spiro atoms. The van der Waals surface area contributed by atoms with Gasteiger partial charge in [-0.3, -0.25) is 4.99 Å². The van der Waals surface area contributed by atoms with Crippen LogP contribution >= 0.6 is 0 Å².